The van der Waals surface area contributed by atoms with E-state index in [0.717, 1.165) is 30.0 Å². The van der Waals surface area contributed by atoms with Crippen molar-refractivity contribution < 1.29 is 23.2 Å². The zero-order valence-corrected chi connectivity index (χ0v) is 14.9. The molecule has 0 spiro atoms. The number of anilines is 1. The summed E-state index contributed by atoms with van der Waals surface area (Å²) in [5, 5.41) is 12.1. The van der Waals surface area contributed by atoms with Crippen molar-refractivity contribution in [2.75, 3.05) is 5.32 Å². The number of hydrogen-bond donors (Lipinski definition) is 3. The van der Waals surface area contributed by atoms with Gasteiger partial charge in [0.05, 0.1) is 16.7 Å². The van der Waals surface area contributed by atoms with Gasteiger partial charge in [0.2, 0.25) is 0 Å². The molecule has 0 unspecified atom stereocenters. The molecule has 5 nitrogen and oxygen atoms in total. The van der Waals surface area contributed by atoms with Gasteiger partial charge in [-0.1, -0.05) is 19.1 Å². The molecule has 144 valence electrons. The van der Waals surface area contributed by atoms with Crippen LogP contribution in [0.4, 0.5) is 19.0 Å². The summed E-state index contributed by atoms with van der Waals surface area (Å²) in [6.07, 6.45) is -0.860. The van der Waals surface area contributed by atoms with Crippen molar-refractivity contribution in [3.8, 4) is 0 Å². The van der Waals surface area contributed by atoms with Crippen LogP contribution in [0.1, 0.15) is 52.4 Å². The lowest BCUT2D eigenvalue weighted by molar-refractivity contribution is -0.138. The third-order valence-electron chi connectivity index (χ3n) is 4.90. The van der Waals surface area contributed by atoms with Crippen molar-refractivity contribution in [1.82, 2.24) is 10.5 Å². The number of rotatable bonds is 5. The van der Waals surface area contributed by atoms with Gasteiger partial charge in [0.25, 0.3) is 5.91 Å². The Morgan fingerprint density at radius 3 is 2.52 bits per heavy atom. The maximum absolute atomic E-state index is 13.0. The second-order valence-corrected chi connectivity index (χ2v) is 6.76. The van der Waals surface area contributed by atoms with E-state index in [1.165, 1.54) is 19.2 Å². The Morgan fingerprint density at radius 2 is 2.00 bits per heavy atom. The van der Waals surface area contributed by atoms with E-state index in [4.69, 9.17) is 5.21 Å². The molecule has 1 aromatic heterocycles. The molecule has 0 radical (unpaired) electrons. The summed E-state index contributed by atoms with van der Waals surface area (Å²) in [7, 11) is 0. The highest BCUT2D eigenvalue weighted by molar-refractivity contribution is 5.93. The van der Waals surface area contributed by atoms with Gasteiger partial charge in [0.1, 0.15) is 5.82 Å². The van der Waals surface area contributed by atoms with Gasteiger partial charge in [0, 0.05) is 6.20 Å². The second kappa shape index (κ2) is 6.84. The van der Waals surface area contributed by atoms with Gasteiger partial charge in [0.15, 0.2) is 0 Å². The number of carbonyl (C=O) groups excluding carboxylic acids is 1. The van der Waals surface area contributed by atoms with Gasteiger partial charge >= 0.3 is 6.18 Å². The normalized spacial score (nSPS) is 15.3. The van der Waals surface area contributed by atoms with Gasteiger partial charge in [-0.15, -0.1) is 0 Å². The van der Waals surface area contributed by atoms with Crippen LogP contribution in [0.2, 0.25) is 0 Å². The lowest BCUT2D eigenvalue weighted by Crippen LogP contribution is -2.23. The highest BCUT2D eigenvalue weighted by Gasteiger charge is 2.45. The van der Waals surface area contributed by atoms with E-state index >= 15 is 0 Å². The Labute approximate surface area is 154 Å². The monoisotopic (exact) mass is 379 g/mol. The largest absolute Gasteiger partial charge is 0.416 e. The third kappa shape index (κ3) is 3.75. The van der Waals surface area contributed by atoms with E-state index < -0.39 is 23.2 Å². The van der Waals surface area contributed by atoms with Crippen molar-refractivity contribution in [2.24, 2.45) is 0 Å². The van der Waals surface area contributed by atoms with Crippen LogP contribution in [0.15, 0.2) is 30.5 Å². The number of nitrogens with zero attached hydrogens (tertiary/aromatic N) is 1. The summed E-state index contributed by atoms with van der Waals surface area (Å²) in [5.41, 5.74) is 2.48. The lowest BCUT2D eigenvalue weighted by Gasteiger charge is -2.22. The number of pyridine rings is 1. The minimum Gasteiger partial charge on any atom is -0.360 e. The number of benzene rings is 1. The first-order valence-corrected chi connectivity index (χ1v) is 8.60. The minimum atomic E-state index is -4.37. The molecule has 3 N–H and O–H groups in total. The predicted molar refractivity (Wildman–Crippen MR) is 93.6 cm³/mol. The smallest absolute Gasteiger partial charge is 0.360 e. The van der Waals surface area contributed by atoms with Crippen molar-refractivity contribution in [1.29, 1.82) is 0 Å². The molecule has 1 saturated carbocycles. The topological polar surface area (TPSA) is 74.2 Å². The molecular weight excluding hydrogens is 359 g/mol. The average Bonchev–Trinajstić information content (AvgIpc) is 3.41. The van der Waals surface area contributed by atoms with E-state index in [9.17, 15) is 18.0 Å². The van der Waals surface area contributed by atoms with Crippen LogP contribution in [0, 0.1) is 6.92 Å². The number of hydroxylamine groups is 1. The molecule has 1 aliphatic carbocycles. The molecule has 3 rings (SSSR count). The summed E-state index contributed by atoms with van der Waals surface area (Å²) < 4.78 is 39.0. The first kappa shape index (κ1) is 19.2. The SMILES string of the molecule is CCc1cc(C(=O)NO)cnc1NC1(c2ccc(C(F)(F)F)c(C)c2)CC1. The zero-order valence-electron chi connectivity index (χ0n) is 14.9. The van der Waals surface area contributed by atoms with Crippen LogP contribution in [0.3, 0.4) is 0 Å². The van der Waals surface area contributed by atoms with E-state index in [-0.39, 0.29) is 11.1 Å². The molecule has 8 heteroatoms. The van der Waals surface area contributed by atoms with Gasteiger partial charge in [-0.3, -0.25) is 10.0 Å². The third-order valence-corrected chi connectivity index (χ3v) is 4.90. The highest BCUT2D eigenvalue weighted by atomic mass is 19.4. The number of nitrogens with one attached hydrogen (secondary N) is 2. The first-order chi connectivity index (χ1) is 12.7. The molecule has 0 bridgehead atoms. The summed E-state index contributed by atoms with van der Waals surface area (Å²) in [5.74, 6) is -0.0645. The number of carbonyl (C=O) groups is 1. The number of hydrogen-bond acceptors (Lipinski definition) is 4. The molecule has 0 atom stereocenters. The van der Waals surface area contributed by atoms with Gasteiger partial charge in [-0.25, -0.2) is 10.5 Å². The Kier molecular flexibility index (Phi) is 4.86. The van der Waals surface area contributed by atoms with E-state index in [1.807, 2.05) is 6.92 Å². The fourth-order valence-electron chi connectivity index (χ4n) is 3.20. The molecule has 27 heavy (non-hydrogen) atoms. The second-order valence-electron chi connectivity index (χ2n) is 6.76. The Bertz CT molecular complexity index is 877. The van der Waals surface area contributed by atoms with Crippen molar-refractivity contribution >= 4 is 11.7 Å². The fourth-order valence-corrected chi connectivity index (χ4v) is 3.20. The molecule has 0 aliphatic heterocycles. The molecule has 1 aliphatic rings. The maximum Gasteiger partial charge on any atom is 0.416 e. The van der Waals surface area contributed by atoms with Crippen LogP contribution in [-0.2, 0) is 18.1 Å². The molecule has 1 fully saturated rings. The average molecular weight is 379 g/mol. The van der Waals surface area contributed by atoms with Crippen molar-refractivity contribution in [3.63, 3.8) is 0 Å². The van der Waals surface area contributed by atoms with Gasteiger partial charge < -0.3 is 5.32 Å². The van der Waals surface area contributed by atoms with Crippen LogP contribution >= 0.6 is 0 Å². The maximum atomic E-state index is 13.0. The van der Waals surface area contributed by atoms with Crippen LogP contribution < -0.4 is 10.8 Å². The van der Waals surface area contributed by atoms with Crippen LogP contribution in [-0.4, -0.2) is 16.1 Å². The molecule has 1 heterocycles. The number of aromatic nitrogens is 1. The molecule has 1 aromatic carbocycles. The summed E-state index contributed by atoms with van der Waals surface area (Å²) >= 11 is 0. The number of amides is 1. The lowest BCUT2D eigenvalue weighted by atomic mass is 9.98. The van der Waals surface area contributed by atoms with Gasteiger partial charge in [-0.05, 0) is 55.0 Å². The van der Waals surface area contributed by atoms with Crippen LogP contribution in [0.25, 0.3) is 0 Å². The molecule has 1 amide bonds. The van der Waals surface area contributed by atoms with Crippen molar-refractivity contribution in [3.05, 3.63) is 58.3 Å². The minimum absolute atomic E-state index is 0.187. The Hall–Kier alpha value is -2.61. The molecule has 0 saturated heterocycles. The van der Waals surface area contributed by atoms with Crippen LogP contribution in [0.5, 0.6) is 0 Å². The van der Waals surface area contributed by atoms with E-state index in [2.05, 4.69) is 10.3 Å². The first-order valence-electron chi connectivity index (χ1n) is 8.60. The summed E-state index contributed by atoms with van der Waals surface area (Å²) in [6.45, 7) is 3.37. The number of aryl methyl sites for hydroxylation is 2. The van der Waals surface area contributed by atoms with E-state index in [1.54, 1.807) is 17.6 Å². The Morgan fingerprint density at radius 1 is 1.30 bits per heavy atom. The fraction of sp³-hybridized carbons (Fsp3) is 0.368. The number of alkyl halides is 3. The zero-order chi connectivity index (χ0) is 19.8. The number of halogens is 3. The highest BCUT2D eigenvalue weighted by Crippen LogP contribution is 2.49. The molecule has 2 aromatic rings. The Balaban J connectivity index is 1.90. The predicted octanol–water partition coefficient (Wildman–Crippen LogP) is 4.19. The quantitative estimate of drug-likeness (QED) is 0.538. The standard InChI is InChI=1S/C19H20F3N3O2/c1-3-12-9-13(17(26)25-27)10-23-16(12)24-18(6-7-18)14-4-5-15(11(2)8-14)19(20,21)22/h4-5,8-10,27H,3,6-7H2,1-2H3,(H,23,24)(H,25,26). The summed E-state index contributed by atoms with van der Waals surface area (Å²) in [6, 6.07) is 5.83. The van der Waals surface area contributed by atoms with E-state index in [0.29, 0.717) is 12.2 Å². The molecular formula is C19H20F3N3O2. The summed E-state index contributed by atoms with van der Waals surface area (Å²) in [4.78, 5) is 15.8. The van der Waals surface area contributed by atoms with Crippen molar-refractivity contribution in [2.45, 2.75) is 44.8 Å². The van der Waals surface area contributed by atoms with Gasteiger partial charge in [-0.2, -0.15) is 13.2 Å².